The predicted molar refractivity (Wildman–Crippen MR) is 84.3 cm³/mol. The number of nitrogens with two attached hydrogens (primary N) is 1. The van der Waals surface area contributed by atoms with Crippen LogP contribution < -0.4 is 5.73 Å². The Kier molecular flexibility index (Phi) is 5.32. The zero-order valence-corrected chi connectivity index (χ0v) is 14.0. The molecule has 0 bridgehead atoms. The minimum absolute atomic E-state index is 0.0000556. The highest BCUT2D eigenvalue weighted by atomic mass is 16.6. The molecule has 1 saturated heterocycles. The van der Waals surface area contributed by atoms with Crippen molar-refractivity contribution in [3.8, 4) is 0 Å². The third-order valence-corrected chi connectivity index (χ3v) is 4.12. The van der Waals surface area contributed by atoms with Crippen LogP contribution in [0.3, 0.4) is 0 Å². The van der Waals surface area contributed by atoms with Crippen molar-refractivity contribution >= 4 is 12.0 Å². The Balaban J connectivity index is 1.93. The third-order valence-electron chi connectivity index (χ3n) is 4.12. The number of piperidine rings is 1. The van der Waals surface area contributed by atoms with Crippen molar-refractivity contribution in [3.63, 3.8) is 0 Å². The highest BCUT2D eigenvalue weighted by Gasteiger charge is 2.37. The van der Waals surface area contributed by atoms with Crippen molar-refractivity contribution in [2.75, 3.05) is 26.2 Å². The van der Waals surface area contributed by atoms with Gasteiger partial charge in [-0.2, -0.15) is 0 Å². The molecule has 0 aromatic heterocycles. The SMILES string of the molecule is CC(C)(C)OC(=O)N(C[C@@H]1CCCN(C(=O)CN)C1)C1CC1. The summed E-state index contributed by atoms with van der Waals surface area (Å²) in [6, 6.07) is 0.315. The number of nitrogens with zero attached hydrogens (tertiary/aromatic N) is 2. The largest absolute Gasteiger partial charge is 0.444 e. The van der Waals surface area contributed by atoms with E-state index in [1.807, 2.05) is 30.6 Å². The average molecular weight is 311 g/mol. The molecule has 2 fully saturated rings. The van der Waals surface area contributed by atoms with Gasteiger partial charge < -0.3 is 20.3 Å². The molecule has 1 heterocycles. The quantitative estimate of drug-likeness (QED) is 0.855. The number of carbonyl (C=O) groups is 2. The van der Waals surface area contributed by atoms with Crippen molar-refractivity contribution in [3.05, 3.63) is 0 Å². The molecule has 0 spiro atoms. The molecule has 6 nitrogen and oxygen atoms in total. The summed E-state index contributed by atoms with van der Waals surface area (Å²) >= 11 is 0. The van der Waals surface area contributed by atoms with Gasteiger partial charge in [0, 0.05) is 25.7 Å². The molecule has 0 aromatic rings. The summed E-state index contributed by atoms with van der Waals surface area (Å²) in [5.74, 6) is 0.317. The highest BCUT2D eigenvalue weighted by Crippen LogP contribution is 2.30. The van der Waals surface area contributed by atoms with E-state index in [2.05, 4.69) is 0 Å². The van der Waals surface area contributed by atoms with E-state index >= 15 is 0 Å². The molecule has 1 aliphatic carbocycles. The molecular weight excluding hydrogens is 282 g/mol. The Morgan fingerprint density at radius 1 is 1.27 bits per heavy atom. The molecule has 2 N–H and O–H groups in total. The number of ether oxygens (including phenoxy) is 1. The first-order valence-corrected chi connectivity index (χ1v) is 8.27. The van der Waals surface area contributed by atoms with Crippen molar-refractivity contribution in [2.24, 2.45) is 11.7 Å². The lowest BCUT2D eigenvalue weighted by Crippen LogP contribution is -2.48. The second kappa shape index (κ2) is 6.86. The van der Waals surface area contributed by atoms with Gasteiger partial charge in [-0.15, -0.1) is 0 Å². The number of hydrogen-bond acceptors (Lipinski definition) is 4. The Bertz CT molecular complexity index is 415. The molecule has 6 heteroatoms. The van der Waals surface area contributed by atoms with Gasteiger partial charge in [-0.3, -0.25) is 4.79 Å². The van der Waals surface area contributed by atoms with Crippen LogP contribution in [0.4, 0.5) is 4.79 Å². The van der Waals surface area contributed by atoms with E-state index in [9.17, 15) is 9.59 Å². The molecule has 126 valence electrons. The molecule has 0 unspecified atom stereocenters. The second-order valence-electron chi connectivity index (χ2n) is 7.42. The Morgan fingerprint density at radius 2 is 1.95 bits per heavy atom. The minimum Gasteiger partial charge on any atom is -0.444 e. The smallest absolute Gasteiger partial charge is 0.410 e. The van der Waals surface area contributed by atoms with Gasteiger partial charge in [-0.1, -0.05) is 0 Å². The summed E-state index contributed by atoms with van der Waals surface area (Å²) in [7, 11) is 0. The van der Waals surface area contributed by atoms with Gasteiger partial charge in [-0.05, 0) is 52.4 Å². The standard InChI is InChI=1S/C16H29N3O3/c1-16(2,3)22-15(21)19(13-6-7-13)11-12-5-4-8-18(10-12)14(20)9-17/h12-13H,4-11,17H2,1-3H3/t12-/m1/s1. The lowest BCUT2D eigenvalue weighted by molar-refractivity contribution is -0.131. The zero-order valence-electron chi connectivity index (χ0n) is 14.0. The summed E-state index contributed by atoms with van der Waals surface area (Å²) in [6.07, 6.45) is 3.90. The summed E-state index contributed by atoms with van der Waals surface area (Å²) in [5.41, 5.74) is 4.98. The van der Waals surface area contributed by atoms with Crippen LogP contribution in [0.5, 0.6) is 0 Å². The first-order valence-electron chi connectivity index (χ1n) is 8.27. The molecule has 2 amide bonds. The van der Waals surface area contributed by atoms with Crippen LogP contribution in [-0.4, -0.2) is 59.6 Å². The van der Waals surface area contributed by atoms with E-state index in [0.717, 1.165) is 32.2 Å². The molecule has 0 aromatic carbocycles. The van der Waals surface area contributed by atoms with Crippen LogP contribution >= 0.6 is 0 Å². The van der Waals surface area contributed by atoms with Crippen molar-refractivity contribution in [1.29, 1.82) is 0 Å². The van der Waals surface area contributed by atoms with E-state index < -0.39 is 5.60 Å². The maximum Gasteiger partial charge on any atom is 0.410 e. The van der Waals surface area contributed by atoms with Gasteiger partial charge in [0.15, 0.2) is 0 Å². The fourth-order valence-electron chi connectivity index (χ4n) is 2.93. The van der Waals surface area contributed by atoms with E-state index in [1.54, 1.807) is 0 Å². The third kappa shape index (κ3) is 4.87. The molecule has 2 aliphatic rings. The second-order valence-corrected chi connectivity index (χ2v) is 7.42. The Labute approximate surface area is 132 Å². The lowest BCUT2D eigenvalue weighted by atomic mass is 9.97. The minimum atomic E-state index is -0.474. The number of carbonyl (C=O) groups excluding carboxylic acids is 2. The first kappa shape index (κ1) is 17.1. The van der Waals surface area contributed by atoms with Crippen LogP contribution in [0.1, 0.15) is 46.5 Å². The molecule has 2 rings (SSSR count). The van der Waals surface area contributed by atoms with E-state index in [0.29, 0.717) is 25.0 Å². The van der Waals surface area contributed by atoms with Crippen molar-refractivity contribution in [2.45, 2.75) is 58.1 Å². The van der Waals surface area contributed by atoms with Crippen LogP contribution in [-0.2, 0) is 9.53 Å². The highest BCUT2D eigenvalue weighted by molar-refractivity contribution is 5.78. The van der Waals surface area contributed by atoms with E-state index in [1.165, 1.54) is 0 Å². The summed E-state index contributed by atoms with van der Waals surface area (Å²) in [6.45, 7) is 7.87. The molecule has 0 radical (unpaired) electrons. The number of likely N-dealkylation sites (tertiary alicyclic amines) is 1. The summed E-state index contributed by atoms with van der Waals surface area (Å²) in [5, 5.41) is 0. The molecule has 1 aliphatic heterocycles. The van der Waals surface area contributed by atoms with E-state index in [4.69, 9.17) is 10.5 Å². The summed E-state index contributed by atoms with van der Waals surface area (Å²) in [4.78, 5) is 27.8. The van der Waals surface area contributed by atoms with Crippen LogP contribution in [0.2, 0.25) is 0 Å². The number of rotatable bonds is 4. The molecule has 1 atom stereocenters. The van der Waals surface area contributed by atoms with Crippen molar-refractivity contribution < 1.29 is 14.3 Å². The van der Waals surface area contributed by atoms with E-state index in [-0.39, 0.29) is 18.5 Å². The molecular formula is C16H29N3O3. The Morgan fingerprint density at radius 3 is 2.50 bits per heavy atom. The Hall–Kier alpha value is -1.30. The average Bonchev–Trinajstić information content (AvgIpc) is 3.26. The van der Waals surface area contributed by atoms with Gasteiger partial charge in [0.1, 0.15) is 5.60 Å². The lowest BCUT2D eigenvalue weighted by Gasteiger charge is -2.36. The summed E-state index contributed by atoms with van der Waals surface area (Å²) < 4.78 is 5.52. The van der Waals surface area contributed by atoms with Gasteiger partial charge in [0.2, 0.25) is 5.91 Å². The fourth-order valence-corrected chi connectivity index (χ4v) is 2.93. The monoisotopic (exact) mass is 311 g/mol. The fraction of sp³-hybridized carbons (Fsp3) is 0.875. The van der Waals surface area contributed by atoms with Gasteiger partial charge in [0.05, 0.1) is 6.54 Å². The zero-order chi connectivity index (χ0) is 16.3. The van der Waals surface area contributed by atoms with Crippen LogP contribution in [0.15, 0.2) is 0 Å². The first-order chi connectivity index (χ1) is 10.3. The number of amides is 2. The maximum absolute atomic E-state index is 12.4. The molecule has 22 heavy (non-hydrogen) atoms. The van der Waals surface area contributed by atoms with Gasteiger partial charge in [-0.25, -0.2) is 4.79 Å². The molecule has 1 saturated carbocycles. The van der Waals surface area contributed by atoms with Gasteiger partial charge in [0.25, 0.3) is 0 Å². The van der Waals surface area contributed by atoms with Crippen LogP contribution in [0, 0.1) is 5.92 Å². The van der Waals surface area contributed by atoms with Crippen molar-refractivity contribution in [1.82, 2.24) is 9.80 Å². The van der Waals surface area contributed by atoms with Crippen LogP contribution in [0.25, 0.3) is 0 Å². The topological polar surface area (TPSA) is 75.9 Å². The number of hydrogen-bond donors (Lipinski definition) is 1. The normalized spacial score (nSPS) is 22.4. The van der Waals surface area contributed by atoms with Gasteiger partial charge >= 0.3 is 6.09 Å². The maximum atomic E-state index is 12.4. The predicted octanol–water partition coefficient (Wildman–Crippen LogP) is 1.58.